The van der Waals surface area contributed by atoms with E-state index in [-0.39, 0.29) is 0 Å². The first-order valence-corrected chi connectivity index (χ1v) is 6.96. The summed E-state index contributed by atoms with van der Waals surface area (Å²) in [6.07, 6.45) is 2.46. The number of hydrogen-bond acceptors (Lipinski definition) is 3. The van der Waals surface area contributed by atoms with Crippen LogP contribution in [-0.2, 0) is 6.54 Å². The highest BCUT2D eigenvalue weighted by Crippen LogP contribution is 2.23. The van der Waals surface area contributed by atoms with Gasteiger partial charge in [0.1, 0.15) is 5.75 Å². The smallest absolute Gasteiger partial charge is 0.123 e. The minimum atomic E-state index is 0.725. The number of likely N-dealkylation sites (tertiary alicyclic amines) is 1. The first kappa shape index (κ1) is 13.4. The first-order chi connectivity index (χ1) is 8.83. The third-order valence-corrected chi connectivity index (χ3v) is 3.71. The van der Waals surface area contributed by atoms with Gasteiger partial charge in [0.25, 0.3) is 0 Å². The van der Waals surface area contributed by atoms with Gasteiger partial charge in [-0.05, 0) is 51.4 Å². The Labute approximate surface area is 110 Å². The van der Waals surface area contributed by atoms with Crippen LogP contribution in [0.1, 0.15) is 25.3 Å². The zero-order valence-corrected chi connectivity index (χ0v) is 11.3. The Balaban J connectivity index is 1.93. The highest BCUT2D eigenvalue weighted by molar-refractivity contribution is 5.33. The van der Waals surface area contributed by atoms with Gasteiger partial charge >= 0.3 is 0 Å². The Kier molecular flexibility index (Phi) is 5.02. The predicted octanol–water partition coefficient (Wildman–Crippen LogP) is 2.26. The molecule has 1 saturated heterocycles. The number of hydrogen-bond donors (Lipinski definition) is 1. The molecule has 2 N–H and O–H groups in total. The number of rotatable bonds is 5. The molecule has 3 heteroatoms. The maximum Gasteiger partial charge on any atom is 0.123 e. The summed E-state index contributed by atoms with van der Waals surface area (Å²) in [4.78, 5) is 2.50. The molecule has 0 radical (unpaired) electrons. The average Bonchev–Trinajstić information content (AvgIpc) is 2.42. The summed E-state index contributed by atoms with van der Waals surface area (Å²) in [6.45, 7) is 6.90. The first-order valence-electron chi connectivity index (χ1n) is 6.96. The lowest BCUT2D eigenvalue weighted by molar-refractivity contribution is 0.178. The number of nitrogens with two attached hydrogens (primary N) is 1. The van der Waals surface area contributed by atoms with Crippen molar-refractivity contribution in [1.82, 2.24) is 4.90 Å². The zero-order valence-electron chi connectivity index (χ0n) is 11.3. The molecule has 0 unspecified atom stereocenters. The number of nitrogens with zero attached hydrogens (tertiary/aromatic N) is 1. The number of para-hydroxylation sites is 1. The van der Waals surface area contributed by atoms with Crippen LogP contribution in [0.5, 0.6) is 5.75 Å². The van der Waals surface area contributed by atoms with Gasteiger partial charge in [-0.3, -0.25) is 4.90 Å². The molecular weight excluding hydrogens is 224 g/mol. The fourth-order valence-corrected chi connectivity index (χ4v) is 2.55. The summed E-state index contributed by atoms with van der Waals surface area (Å²) in [6, 6.07) is 8.35. The second-order valence-corrected chi connectivity index (χ2v) is 5.00. The Morgan fingerprint density at radius 2 is 2.00 bits per heavy atom. The monoisotopic (exact) mass is 248 g/mol. The van der Waals surface area contributed by atoms with Crippen LogP contribution in [0.2, 0.25) is 0 Å². The van der Waals surface area contributed by atoms with Crippen LogP contribution in [0, 0.1) is 5.92 Å². The van der Waals surface area contributed by atoms with Gasteiger partial charge in [-0.15, -0.1) is 0 Å². The average molecular weight is 248 g/mol. The van der Waals surface area contributed by atoms with Gasteiger partial charge in [0, 0.05) is 12.1 Å². The molecule has 1 aliphatic rings. The quantitative estimate of drug-likeness (QED) is 0.868. The molecule has 18 heavy (non-hydrogen) atoms. The van der Waals surface area contributed by atoms with Gasteiger partial charge in [-0.1, -0.05) is 18.2 Å². The van der Waals surface area contributed by atoms with Gasteiger partial charge in [0.2, 0.25) is 0 Å². The molecule has 1 fully saturated rings. The molecule has 2 rings (SSSR count). The molecule has 0 aliphatic carbocycles. The molecule has 0 bridgehead atoms. The topological polar surface area (TPSA) is 38.5 Å². The summed E-state index contributed by atoms with van der Waals surface area (Å²) in [5.41, 5.74) is 7.02. The van der Waals surface area contributed by atoms with Gasteiger partial charge in [-0.2, -0.15) is 0 Å². The van der Waals surface area contributed by atoms with Gasteiger partial charge in [-0.25, -0.2) is 0 Å². The van der Waals surface area contributed by atoms with E-state index in [1.165, 1.54) is 18.4 Å². The molecule has 0 saturated carbocycles. The lowest BCUT2D eigenvalue weighted by atomic mass is 9.97. The molecule has 0 amide bonds. The van der Waals surface area contributed by atoms with Crippen molar-refractivity contribution in [1.29, 1.82) is 0 Å². The molecule has 1 heterocycles. The lowest BCUT2D eigenvalue weighted by Crippen LogP contribution is -2.35. The molecule has 1 aromatic rings. The van der Waals surface area contributed by atoms with Crippen LogP contribution in [0.25, 0.3) is 0 Å². The number of ether oxygens (including phenoxy) is 1. The van der Waals surface area contributed by atoms with E-state index in [2.05, 4.69) is 23.1 Å². The minimum Gasteiger partial charge on any atom is -0.494 e. The number of benzene rings is 1. The van der Waals surface area contributed by atoms with Crippen LogP contribution >= 0.6 is 0 Å². The molecule has 100 valence electrons. The fourth-order valence-electron chi connectivity index (χ4n) is 2.55. The highest BCUT2D eigenvalue weighted by Gasteiger charge is 2.18. The molecule has 0 spiro atoms. The van der Waals surface area contributed by atoms with E-state index in [1.54, 1.807) is 0 Å². The second kappa shape index (κ2) is 6.76. The van der Waals surface area contributed by atoms with E-state index in [4.69, 9.17) is 10.5 Å². The SMILES string of the molecule is CCOc1ccccc1CN1CCC(CN)CC1. The van der Waals surface area contributed by atoms with E-state index in [0.29, 0.717) is 0 Å². The van der Waals surface area contributed by atoms with Crippen LogP contribution in [0.4, 0.5) is 0 Å². The maximum atomic E-state index is 5.73. The van der Waals surface area contributed by atoms with Crippen molar-refractivity contribution in [3.05, 3.63) is 29.8 Å². The van der Waals surface area contributed by atoms with Crippen molar-refractivity contribution in [3.63, 3.8) is 0 Å². The standard InChI is InChI=1S/C15H24N2O/c1-2-18-15-6-4-3-5-14(15)12-17-9-7-13(11-16)8-10-17/h3-6,13H,2,7-12,16H2,1H3. The molecule has 1 aliphatic heterocycles. The van der Waals surface area contributed by atoms with E-state index in [0.717, 1.165) is 44.5 Å². The van der Waals surface area contributed by atoms with Crippen molar-refractivity contribution in [2.45, 2.75) is 26.3 Å². The molecule has 0 aromatic heterocycles. The minimum absolute atomic E-state index is 0.725. The fraction of sp³-hybridized carbons (Fsp3) is 0.600. The van der Waals surface area contributed by atoms with Crippen molar-refractivity contribution in [2.75, 3.05) is 26.2 Å². The summed E-state index contributed by atoms with van der Waals surface area (Å²) in [5.74, 6) is 1.75. The third kappa shape index (κ3) is 3.47. The van der Waals surface area contributed by atoms with Gasteiger partial charge in [0.05, 0.1) is 6.61 Å². The Bertz CT molecular complexity index is 359. The Morgan fingerprint density at radius 3 is 2.67 bits per heavy atom. The maximum absolute atomic E-state index is 5.73. The highest BCUT2D eigenvalue weighted by atomic mass is 16.5. The van der Waals surface area contributed by atoms with Crippen LogP contribution in [-0.4, -0.2) is 31.1 Å². The van der Waals surface area contributed by atoms with Crippen molar-refractivity contribution in [2.24, 2.45) is 11.7 Å². The van der Waals surface area contributed by atoms with Crippen molar-refractivity contribution >= 4 is 0 Å². The molecular formula is C15H24N2O. The van der Waals surface area contributed by atoms with Crippen molar-refractivity contribution in [3.8, 4) is 5.75 Å². The molecule has 3 nitrogen and oxygen atoms in total. The summed E-state index contributed by atoms with van der Waals surface area (Å²) in [7, 11) is 0. The van der Waals surface area contributed by atoms with E-state index in [1.807, 2.05) is 13.0 Å². The Hall–Kier alpha value is -1.06. The second-order valence-electron chi connectivity index (χ2n) is 5.00. The van der Waals surface area contributed by atoms with Crippen LogP contribution in [0.3, 0.4) is 0 Å². The van der Waals surface area contributed by atoms with E-state index >= 15 is 0 Å². The van der Waals surface area contributed by atoms with Gasteiger partial charge < -0.3 is 10.5 Å². The largest absolute Gasteiger partial charge is 0.494 e. The zero-order chi connectivity index (χ0) is 12.8. The predicted molar refractivity (Wildman–Crippen MR) is 74.7 cm³/mol. The third-order valence-electron chi connectivity index (χ3n) is 3.71. The van der Waals surface area contributed by atoms with Crippen LogP contribution in [0.15, 0.2) is 24.3 Å². The summed E-state index contributed by atoms with van der Waals surface area (Å²) in [5, 5.41) is 0. The van der Waals surface area contributed by atoms with Crippen LogP contribution < -0.4 is 10.5 Å². The van der Waals surface area contributed by atoms with Gasteiger partial charge in [0.15, 0.2) is 0 Å². The number of piperidine rings is 1. The Morgan fingerprint density at radius 1 is 1.28 bits per heavy atom. The summed E-state index contributed by atoms with van der Waals surface area (Å²) >= 11 is 0. The van der Waals surface area contributed by atoms with Crippen molar-refractivity contribution < 1.29 is 4.74 Å². The molecule has 1 aromatic carbocycles. The summed E-state index contributed by atoms with van der Waals surface area (Å²) < 4.78 is 5.67. The normalized spacial score (nSPS) is 17.9. The van der Waals surface area contributed by atoms with E-state index < -0.39 is 0 Å². The lowest BCUT2D eigenvalue weighted by Gasteiger charge is -2.31. The molecule has 0 atom stereocenters. The van der Waals surface area contributed by atoms with E-state index in [9.17, 15) is 0 Å².